The summed E-state index contributed by atoms with van der Waals surface area (Å²) in [4.78, 5) is 38.5. The van der Waals surface area contributed by atoms with E-state index in [2.05, 4.69) is 5.32 Å². The summed E-state index contributed by atoms with van der Waals surface area (Å²) < 4.78 is 26.3. The summed E-state index contributed by atoms with van der Waals surface area (Å²) >= 11 is 0. The molecule has 11 heteroatoms. The van der Waals surface area contributed by atoms with Gasteiger partial charge in [-0.3, -0.25) is 24.0 Å². The maximum absolute atomic E-state index is 13.6. The highest BCUT2D eigenvalue weighted by molar-refractivity contribution is 7.92. The molecule has 0 aromatic heterocycles. The topological polar surface area (TPSA) is 130 Å². The van der Waals surface area contributed by atoms with Gasteiger partial charge < -0.3 is 10.2 Å². The minimum Gasteiger partial charge on any atom is -0.355 e. The van der Waals surface area contributed by atoms with Gasteiger partial charge in [0.05, 0.1) is 16.9 Å². The number of carbonyl (C=O) groups is 2. The van der Waals surface area contributed by atoms with E-state index in [1.54, 1.807) is 20.8 Å². The van der Waals surface area contributed by atoms with Crippen LogP contribution in [0.5, 0.6) is 0 Å². The smallest absolute Gasteiger partial charge is 0.271 e. The third-order valence-corrected chi connectivity index (χ3v) is 6.82. The highest BCUT2D eigenvalue weighted by atomic mass is 32.2. The lowest BCUT2D eigenvalue weighted by molar-refractivity contribution is -0.384. The van der Waals surface area contributed by atoms with E-state index >= 15 is 0 Å². The first kappa shape index (κ1) is 27.8. The predicted octanol–water partition coefficient (Wildman–Crippen LogP) is 2.92. The quantitative estimate of drug-likeness (QED) is 0.370. The molecule has 1 N–H and O–H groups in total. The molecule has 2 rings (SSSR count). The molecule has 35 heavy (non-hydrogen) atoms. The fraction of sp³-hybridized carbons (Fsp3) is 0.417. The Balaban J connectivity index is 2.54. The maximum Gasteiger partial charge on any atom is 0.271 e. The SMILES string of the molecule is CCNC(=O)[C@H](CC)N(Cc1ccccc1C)C(=O)CN(c1cc([N+](=O)[O-])ccc1C)S(C)(=O)=O. The van der Waals surface area contributed by atoms with E-state index in [4.69, 9.17) is 0 Å². The number of rotatable bonds is 11. The number of nitro benzene ring substituents is 1. The second-order valence-electron chi connectivity index (χ2n) is 8.26. The molecular formula is C24H32N4O6S. The van der Waals surface area contributed by atoms with Gasteiger partial charge in [-0.15, -0.1) is 0 Å². The number of hydrogen-bond acceptors (Lipinski definition) is 6. The molecule has 2 amide bonds. The van der Waals surface area contributed by atoms with Crippen molar-refractivity contribution in [3.8, 4) is 0 Å². The third kappa shape index (κ3) is 7.01. The van der Waals surface area contributed by atoms with Crippen LogP contribution in [-0.2, 0) is 26.2 Å². The lowest BCUT2D eigenvalue weighted by Crippen LogP contribution is -2.52. The van der Waals surface area contributed by atoms with Crippen molar-refractivity contribution in [3.05, 3.63) is 69.3 Å². The standard InChI is InChI=1S/C24H32N4O6S/c1-6-21(24(30)25-7-2)26(15-19-11-9-8-10-17(19)3)23(29)16-27(35(5,33)34)22-14-20(28(31)32)13-12-18(22)4/h8-14,21H,6-7,15-16H2,1-5H3,(H,25,30)/t21-/m0/s1. The van der Waals surface area contributed by atoms with Crippen LogP contribution in [0.25, 0.3) is 0 Å². The maximum atomic E-state index is 13.6. The summed E-state index contributed by atoms with van der Waals surface area (Å²) in [6.45, 7) is 6.92. The van der Waals surface area contributed by atoms with Crippen LogP contribution in [0, 0.1) is 24.0 Å². The molecule has 10 nitrogen and oxygen atoms in total. The van der Waals surface area contributed by atoms with Crippen LogP contribution in [0.15, 0.2) is 42.5 Å². The molecule has 0 unspecified atom stereocenters. The minimum absolute atomic E-state index is 0.0388. The van der Waals surface area contributed by atoms with Gasteiger partial charge in [-0.25, -0.2) is 8.42 Å². The number of non-ortho nitro benzene ring substituents is 1. The molecule has 0 aliphatic carbocycles. The average Bonchev–Trinajstić information content (AvgIpc) is 2.78. The Bertz CT molecular complexity index is 1200. The minimum atomic E-state index is -3.99. The number of hydrogen-bond donors (Lipinski definition) is 1. The van der Waals surface area contributed by atoms with E-state index in [-0.39, 0.29) is 23.8 Å². The molecule has 0 aliphatic rings. The lowest BCUT2D eigenvalue weighted by Gasteiger charge is -2.33. The molecule has 2 aromatic carbocycles. The molecule has 0 bridgehead atoms. The number of benzene rings is 2. The molecular weight excluding hydrogens is 472 g/mol. The molecule has 0 fully saturated rings. The number of carbonyl (C=O) groups excluding carboxylic acids is 2. The van der Waals surface area contributed by atoms with Crippen molar-refractivity contribution in [2.45, 2.75) is 46.7 Å². The summed E-state index contributed by atoms with van der Waals surface area (Å²) in [5.74, 6) is -0.933. The Morgan fingerprint density at radius 2 is 1.74 bits per heavy atom. The van der Waals surface area contributed by atoms with Crippen LogP contribution in [0.3, 0.4) is 0 Å². The Hall–Kier alpha value is -3.47. The molecule has 0 saturated heterocycles. The van der Waals surface area contributed by atoms with Crippen LogP contribution in [0.2, 0.25) is 0 Å². The lowest BCUT2D eigenvalue weighted by atomic mass is 10.1. The zero-order valence-electron chi connectivity index (χ0n) is 20.6. The molecule has 190 valence electrons. The van der Waals surface area contributed by atoms with Crippen molar-refractivity contribution in [2.24, 2.45) is 0 Å². The first-order valence-corrected chi connectivity index (χ1v) is 13.1. The van der Waals surface area contributed by atoms with Crippen molar-refractivity contribution in [2.75, 3.05) is 23.7 Å². The van der Waals surface area contributed by atoms with Crippen LogP contribution >= 0.6 is 0 Å². The summed E-state index contributed by atoms with van der Waals surface area (Å²) in [5, 5.41) is 14.0. The zero-order chi connectivity index (χ0) is 26.3. The highest BCUT2D eigenvalue weighted by Crippen LogP contribution is 2.28. The Kier molecular flexibility index (Phi) is 9.35. The van der Waals surface area contributed by atoms with Gasteiger partial charge in [0.15, 0.2) is 0 Å². The van der Waals surface area contributed by atoms with Crippen molar-refractivity contribution < 1.29 is 22.9 Å². The van der Waals surface area contributed by atoms with Crippen molar-refractivity contribution >= 4 is 33.2 Å². The number of sulfonamides is 1. The van der Waals surface area contributed by atoms with E-state index in [0.717, 1.165) is 27.8 Å². The van der Waals surface area contributed by atoms with Gasteiger partial charge in [0.2, 0.25) is 21.8 Å². The van der Waals surface area contributed by atoms with Crippen molar-refractivity contribution in [1.29, 1.82) is 0 Å². The van der Waals surface area contributed by atoms with Gasteiger partial charge in [-0.1, -0.05) is 37.3 Å². The van der Waals surface area contributed by atoms with Gasteiger partial charge in [-0.2, -0.15) is 0 Å². The Morgan fingerprint density at radius 1 is 1.09 bits per heavy atom. The van der Waals surface area contributed by atoms with E-state index in [9.17, 15) is 28.1 Å². The van der Waals surface area contributed by atoms with Gasteiger partial charge in [-0.05, 0) is 43.9 Å². The molecule has 1 atom stereocenters. The highest BCUT2D eigenvalue weighted by Gasteiger charge is 2.32. The average molecular weight is 505 g/mol. The Morgan fingerprint density at radius 3 is 2.29 bits per heavy atom. The number of nitro groups is 1. The van der Waals surface area contributed by atoms with E-state index in [1.807, 2.05) is 31.2 Å². The first-order chi connectivity index (χ1) is 16.4. The molecule has 2 aromatic rings. The molecule has 0 radical (unpaired) electrons. The van der Waals surface area contributed by atoms with Gasteiger partial charge in [0.25, 0.3) is 5.69 Å². The van der Waals surface area contributed by atoms with Crippen molar-refractivity contribution in [1.82, 2.24) is 10.2 Å². The summed E-state index contributed by atoms with van der Waals surface area (Å²) in [5.41, 5.74) is 1.94. The Labute approximate surface area is 206 Å². The number of anilines is 1. The predicted molar refractivity (Wildman–Crippen MR) is 135 cm³/mol. The second kappa shape index (κ2) is 11.8. The fourth-order valence-corrected chi connectivity index (χ4v) is 4.66. The van der Waals surface area contributed by atoms with Crippen LogP contribution in [0.1, 0.15) is 37.0 Å². The van der Waals surface area contributed by atoms with E-state index < -0.39 is 33.4 Å². The van der Waals surface area contributed by atoms with Crippen LogP contribution in [0.4, 0.5) is 11.4 Å². The van der Waals surface area contributed by atoms with Gasteiger partial charge in [0, 0.05) is 25.2 Å². The number of likely N-dealkylation sites (N-methyl/N-ethyl adjacent to an activating group) is 1. The monoisotopic (exact) mass is 504 g/mol. The number of nitrogens with one attached hydrogen (secondary N) is 1. The van der Waals surface area contributed by atoms with Gasteiger partial charge in [0.1, 0.15) is 12.6 Å². The first-order valence-electron chi connectivity index (χ1n) is 11.2. The van der Waals surface area contributed by atoms with Crippen LogP contribution in [-0.4, -0.2) is 55.4 Å². The summed E-state index contributed by atoms with van der Waals surface area (Å²) in [7, 11) is -3.99. The van der Waals surface area contributed by atoms with Crippen molar-refractivity contribution in [3.63, 3.8) is 0 Å². The van der Waals surface area contributed by atoms with E-state index in [0.29, 0.717) is 18.5 Å². The largest absolute Gasteiger partial charge is 0.355 e. The summed E-state index contributed by atoms with van der Waals surface area (Å²) in [6, 6.07) is 10.4. The zero-order valence-corrected chi connectivity index (χ0v) is 21.5. The second-order valence-corrected chi connectivity index (χ2v) is 10.2. The van der Waals surface area contributed by atoms with Gasteiger partial charge >= 0.3 is 0 Å². The number of aryl methyl sites for hydroxylation is 2. The normalized spacial score (nSPS) is 12.0. The molecule has 0 aliphatic heterocycles. The molecule has 0 heterocycles. The third-order valence-electron chi connectivity index (χ3n) is 5.69. The fourth-order valence-electron chi connectivity index (χ4n) is 3.76. The number of nitrogens with zero attached hydrogens (tertiary/aromatic N) is 3. The number of amides is 2. The molecule has 0 spiro atoms. The van der Waals surface area contributed by atoms with Crippen LogP contribution < -0.4 is 9.62 Å². The molecule has 0 saturated carbocycles. The van der Waals surface area contributed by atoms with E-state index in [1.165, 1.54) is 17.0 Å². The summed E-state index contributed by atoms with van der Waals surface area (Å²) in [6.07, 6.45) is 1.25.